The number of hydrogen-bond acceptors (Lipinski definition) is 1. The Balaban J connectivity index is 2.23. The first kappa shape index (κ1) is 10.4. The average Bonchev–Trinajstić information content (AvgIpc) is 2.29. The SMILES string of the molecule is Ic1ccccc1/C=C\c1ccccn1. The Morgan fingerprint density at radius 2 is 1.73 bits per heavy atom. The Kier molecular flexibility index (Phi) is 3.50. The molecule has 0 aliphatic carbocycles. The van der Waals surface area contributed by atoms with Crippen LogP contribution in [0.5, 0.6) is 0 Å². The minimum absolute atomic E-state index is 0.983. The Hall–Kier alpha value is -1.16. The number of nitrogens with zero attached hydrogens (tertiary/aromatic N) is 1. The normalized spacial score (nSPS) is 10.7. The summed E-state index contributed by atoms with van der Waals surface area (Å²) in [6.45, 7) is 0. The van der Waals surface area contributed by atoms with Crippen LogP contribution < -0.4 is 0 Å². The Labute approximate surface area is 103 Å². The zero-order valence-electron chi connectivity index (χ0n) is 8.10. The Morgan fingerprint density at radius 1 is 0.933 bits per heavy atom. The maximum Gasteiger partial charge on any atom is 0.0629 e. The monoisotopic (exact) mass is 307 g/mol. The van der Waals surface area contributed by atoms with Crippen molar-refractivity contribution in [2.75, 3.05) is 0 Å². The van der Waals surface area contributed by atoms with Gasteiger partial charge in [0.1, 0.15) is 0 Å². The van der Waals surface area contributed by atoms with Crippen LogP contribution in [0.3, 0.4) is 0 Å². The third kappa shape index (κ3) is 2.89. The molecule has 0 saturated heterocycles. The first-order valence-electron chi connectivity index (χ1n) is 4.70. The van der Waals surface area contributed by atoms with E-state index in [0.29, 0.717) is 0 Å². The van der Waals surface area contributed by atoms with E-state index in [9.17, 15) is 0 Å². The molecule has 15 heavy (non-hydrogen) atoms. The van der Waals surface area contributed by atoms with Crippen molar-refractivity contribution in [2.45, 2.75) is 0 Å². The van der Waals surface area contributed by atoms with E-state index in [2.05, 4.69) is 45.8 Å². The number of rotatable bonds is 2. The van der Waals surface area contributed by atoms with E-state index in [1.165, 1.54) is 9.13 Å². The molecule has 0 fully saturated rings. The number of halogens is 1. The van der Waals surface area contributed by atoms with Gasteiger partial charge in [-0.2, -0.15) is 0 Å². The molecule has 1 nitrogen and oxygen atoms in total. The van der Waals surface area contributed by atoms with Gasteiger partial charge >= 0.3 is 0 Å². The predicted octanol–water partition coefficient (Wildman–Crippen LogP) is 3.86. The van der Waals surface area contributed by atoms with Gasteiger partial charge in [-0.3, -0.25) is 4.98 Å². The highest BCUT2D eigenvalue weighted by Crippen LogP contribution is 2.14. The van der Waals surface area contributed by atoms with Crippen LogP contribution in [0.2, 0.25) is 0 Å². The van der Waals surface area contributed by atoms with Crippen LogP contribution in [-0.2, 0) is 0 Å². The molecule has 0 N–H and O–H groups in total. The van der Waals surface area contributed by atoms with Gasteiger partial charge in [-0.1, -0.05) is 30.3 Å². The van der Waals surface area contributed by atoms with Crippen molar-refractivity contribution in [3.05, 3.63) is 63.5 Å². The highest BCUT2D eigenvalue weighted by molar-refractivity contribution is 14.1. The van der Waals surface area contributed by atoms with E-state index in [1.807, 2.05) is 36.4 Å². The fraction of sp³-hybridized carbons (Fsp3) is 0. The topological polar surface area (TPSA) is 12.9 Å². The van der Waals surface area contributed by atoms with Crippen molar-refractivity contribution in [2.24, 2.45) is 0 Å². The van der Waals surface area contributed by atoms with E-state index in [4.69, 9.17) is 0 Å². The van der Waals surface area contributed by atoms with Gasteiger partial charge in [0.2, 0.25) is 0 Å². The molecule has 0 atom stereocenters. The quantitative estimate of drug-likeness (QED) is 0.768. The highest BCUT2D eigenvalue weighted by Gasteiger charge is 1.92. The summed E-state index contributed by atoms with van der Waals surface area (Å²) in [6, 6.07) is 14.2. The van der Waals surface area contributed by atoms with Gasteiger partial charge in [0.05, 0.1) is 5.69 Å². The maximum atomic E-state index is 4.23. The van der Waals surface area contributed by atoms with Crippen molar-refractivity contribution in [1.82, 2.24) is 4.98 Å². The van der Waals surface area contributed by atoms with Crippen molar-refractivity contribution < 1.29 is 0 Å². The number of pyridine rings is 1. The molecule has 0 saturated carbocycles. The van der Waals surface area contributed by atoms with Gasteiger partial charge in [0, 0.05) is 9.77 Å². The third-order valence-electron chi connectivity index (χ3n) is 2.03. The second-order valence-electron chi connectivity index (χ2n) is 3.11. The second-order valence-corrected chi connectivity index (χ2v) is 4.27. The van der Waals surface area contributed by atoms with Gasteiger partial charge in [-0.15, -0.1) is 0 Å². The van der Waals surface area contributed by atoms with E-state index < -0.39 is 0 Å². The van der Waals surface area contributed by atoms with E-state index in [-0.39, 0.29) is 0 Å². The number of aromatic nitrogens is 1. The molecule has 0 unspecified atom stereocenters. The Bertz CT molecular complexity index is 463. The molecular formula is C13H10IN. The van der Waals surface area contributed by atoms with Crippen molar-refractivity contribution >= 4 is 34.7 Å². The fourth-order valence-electron chi connectivity index (χ4n) is 1.26. The molecule has 0 aliphatic rings. The van der Waals surface area contributed by atoms with Crippen LogP contribution in [0.1, 0.15) is 11.3 Å². The summed E-state index contributed by atoms with van der Waals surface area (Å²) < 4.78 is 1.25. The van der Waals surface area contributed by atoms with Gasteiger partial charge in [0.15, 0.2) is 0 Å². The number of benzene rings is 1. The zero-order valence-corrected chi connectivity index (χ0v) is 10.3. The summed E-state index contributed by atoms with van der Waals surface area (Å²) in [5, 5.41) is 0. The number of hydrogen-bond donors (Lipinski definition) is 0. The lowest BCUT2D eigenvalue weighted by molar-refractivity contribution is 1.30. The molecule has 0 amide bonds. The molecule has 1 aromatic heterocycles. The smallest absolute Gasteiger partial charge is 0.0629 e. The van der Waals surface area contributed by atoms with Crippen LogP contribution >= 0.6 is 22.6 Å². The average molecular weight is 307 g/mol. The van der Waals surface area contributed by atoms with Crippen molar-refractivity contribution in [3.8, 4) is 0 Å². The van der Waals surface area contributed by atoms with E-state index in [1.54, 1.807) is 6.20 Å². The van der Waals surface area contributed by atoms with Crippen LogP contribution in [0.4, 0.5) is 0 Å². The third-order valence-corrected chi connectivity index (χ3v) is 3.01. The summed E-state index contributed by atoms with van der Waals surface area (Å²) in [5.74, 6) is 0. The van der Waals surface area contributed by atoms with E-state index in [0.717, 1.165) is 5.69 Å². The van der Waals surface area contributed by atoms with Crippen LogP contribution in [-0.4, -0.2) is 4.98 Å². The molecule has 1 heterocycles. The summed E-state index contributed by atoms with van der Waals surface area (Å²) in [5.41, 5.74) is 2.21. The molecular weight excluding hydrogens is 297 g/mol. The molecule has 1 aromatic carbocycles. The van der Waals surface area contributed by atoms with Crippen LogP contribution in [0, 0.1) is 3.57 Å². The maximum absolute atomic E-state index is 4.23. The molecule has 2 rings (SSSR count). The van der Waals surface area contributed by atoms with E-state index >= 15 is 0 Å². The lowest BCUT2D eigenvalue weighted by atomic mass is 10.2. The molecule has 2 heteroatoms. The highest BCUT2D eigenvalue weighted by atomic mass is 127. The summed E-state index contributed by atoms with van der Waals surface area (Å²) >= 11 is 2.33. The molecule has 0 spiro atoms. The van der Waals surface area contributed by atoms with Crippen LogP contribution in [0.25, 0.3) is 12.2 Å². The fourth-order valence-corrected chi connectivity index (χ4v) is 1.83. The molecule has 74 valence electrons. The predicted molar refractivity (Wildman–Crippen MR) is 72.3 cm³/mol. The summed E-state index contributed by atoms with van der Waals surface area (Å²) in [4.78, 5) is 4.23. The van der Waals surface area contributed by atoms with Gasteiger partial charge in [-0.05, 0) is 52.4 Å². The summed E-state index contributed by atoms with van der Waals surface area (Å²) in [7, 11) is 0. The first-order valence-corrected chi connectivity index (χ1v) is 5.78. The first-order chi connectivity index (χ1) is 7.36. The van der Waals surface area contributed by atoms with Gasteiger partial charge in [-0.25, -0.2) is 0 Å². The standard InChI is InChI=1S/C13H10IN/c14-13-7-2-1-5-11(13)8-9-12-6-3-4-10-15-12/h1-10H/b9-8-. The van der Waals surface area contributed by atoms with Crippen molar-refractivity contribution in [3.63, 3.8) is 0 Å². The lowest BCUT2D eigenvalue weighted by Gasteiger charge is -1.96. The van der Waals surface area contributed by atoms with Gasteiger partial charge in [0.25, 0.3) is 0 Å². The minimum atomic E-state index is 0.983. The zero-order chi connectivity index (χ0) is 10.5. The van der Waals surface area contributed by atoms with Crippen molar-refractivity contribution in [1.29, 1.82) is 0 Å². The summed E-state index contributed by atoms with van der Waals surface area (Å²) in [6.07, 6.45) is 5.91. The molecule has 2 aromatic rings. The molecule has 0 aliphatic heterocycles. The molecule has 0 radical (unpaired) electrons. The minimum Gasteiger partial charge on any atom is -0.257 e. The Morgan fingerprint density at radius 3 is 2.47 bits per heavy atom. The van der Waals surface area contributed by atoms with Gasteiger partial charge < -0.3 is 0 Å². The lowest BCUT2D eigenvalue weighted by Crippen LogP contribution is -1.79. The largest absolute Gasteiger partial charge is 0.257 e. The van der Waals surface area contributed by atoms with Crippen LogP contribution in [0.15, 0.2) is 48.7 Å². The molecule has 0 bridgehead atoms. The second kappa shape index (κ2) is 5.07.